The maximum Gasteiger partial charge on any atom is 0.275 e. The first-order valence-electron chi connectivity index (χ1n) is 10.2. The third kappa shape index (κ3) is 2.50. The molecule has 1 aliphatic carbocycles. The van der Waals surface area contributed by atoms with E-state index in [2.05, 4.69) is 9.88 Å². The van der Waals surface area contributed by atoms with Crippen LogP contribution in [0.2, 0.25) is 0 Å². The first kappa shape index (κ1) is 17.7. The molecule has 2 aromatic heterocycles. The first-order valence-corrected chi connectivity index (χ1v) is 10.2. The predicted octanol–water partition coefficient (Wildman–Crippen LogP) is 3.83. The molecule has 1 unspecified atom stereocenters. The van der Waals surface area contributed by atoms with Crippen LogP contribution in [0.4, 0.5) is 10.1 Å². The molecular weight excluding hydrogens is 355 g/mol. The van der Waals surface area contributed by atoms with Crippen LogP contribution >= 0.6 is 0 Å². The molecule has 1 atom stereocenters. The standard InChI is InChI=1S/C22H27FN4O/c1-12-19-16(15-6-8-25-18(15)21(28)27(19)14-4-5-14)10-17(23)20(12)26-9-7-13(11-26)22(2,3)24/h6,8,10,13-14,25H,4-5,7,9,11,24H2,1-3H3. The summed E-state index contributed by atoms with van der Waals surface area (Å²) in [6, 6.07) is 3.71. The smallest absolute Gasteiger partial charge is 0.275 e. The van der Waals surface area contributed by atoms with Gasteiger partial charge in [0.25, 0.3) is 5.56 Å². The van der Waals surface area contributed by atoms with E-state index in [9.17, 15) is 4.79 Å². The van der Waals surface area contributed by atoms with Crippen molar-refractivity contribution < 1.29 is 4.39 Å². The average Bonchev–Trinajstić information content (AvgIpc) is 3.12. The van der Waals surface area contributed by atoms with Crippen molar-refractivity contribution in [2.24, 2.45) is 11.7 Å². The van der Waals surface area contributed by atoms with Gasteiger partial charge >= 0.3 is 0 Å². The molecule has 3 heterocycles. The van der Waals surface area contributed by atoms with Gasteiger partial charge in [-0.3, -0.25) is 4.79 Å². The third-order valence-electron chi connectivity index (χ3n) is 6.64. The lowest BCUT2D eigenvalue weighted by atomic mass is 9.88. The lowest BCUT2D eigenvalue weighted by Gasteiger charge is -2.28. The summed E-state index contributed by atoms with van der Waals surface area (Å²) in [6.07, 6.45) is 4.71. The van der Waals surface area contributed by atoms with Gasteiger partial charge in [-0.15, -0.1) is 0 Å². The number of fused-ring (bicyclic) bond motifs is 3. The van der Waals surface area contributed by atoms with Crippen molar-refractivity contribution in [1.29, 1.82) is 0 Å². The van der Waals surface area contributed by atoms with Crippen LogP contribution in [0.5, 0.6) is 0 Å². The average molecular weight is 382 g/mol. The fourth-order valence-corrected chi connectivity index (χ4v) is 4.91. The van der Waals surface area contributed by atoms with Gasteiger partial charge in [0.1, 0.15) is 11.3 Å². The number of aromatic amines is 1. The molecule has 1 aromatic carbocycles. The number of nitrogens with two attached hydrogens (primary N) is 1. The quantitative estimate of drug-likeness (QED) is 0.723. The summed E-state index contributed by atoms with van der Waals surface area (Å²) < 4.78 is 17.3. The third-order valence-corrected chi connectivity index (χ3v) is 6.64. The molecule has 1 saturated heterocycles. The second-order valence-electron chi connectivity index (χ2n) is 9.15. The Balaban J connectivity index is 1.76. The molecule has 6 heteroatoms. The summed E-state index contributed by atoms with van der Waals surface area (Å²) in [5, 5.41) is 1.62. The Morgan fingerprint density at radius 2 is 2.00 bits per heavy atom. The Bertz CT molecular complexity index is 1150. The Labute approximate surface area is 163 Å². The van der Waals surface area contributed by atoms with Crippen molar-refractivity contribution in [2.75, 3.05) is 18.0 Å². The number of rotatable bonds is 3. The number of aryl methyl sites for hydroxylation is 1. The summed E-state index contributed by atoms with van der Waals surface area (Å²) in [5.41, 5.74) is 8.96. The van der Waals surface area contributed by atoms with E-state index in [1.165, 1.54) is 0 Å². The highest BCUT2D eigenvalue weighted by atomic mass is 19.1. The van der Waals surface area contributed by atoms with Gasteiger partial charge in [-0.25, -0.2) is 4.39 Å². The van der Waals surface area contributed by atoms with Crippen LogP contribution in [0.25, 0.3) is 21.8 Å². The number of pyridine rings is 1. The van der Waals surface area contributed by atoms with Gasteiger partial charge in [0.2, 0.25) is 0 Å². The number of H-pyrrole nitrogens is 1. The molecule has 3 aromatic rings. The topological polar surface area (TPSA) is 67.0 Å². The molecule has 3 N–H and O–H groups in total. The van der Waals surface area contributed by atoms with Crippen molar-refractivity contribution in [3.63, 3.8) is 0 Å². The van der Waals surface area contributed by atoms with Crippen molar-refractivity contribution in [3.05, 3.63) is 40.1 Å². The maximum absolute atomic E-state index is 15.4. The van der Waals surface area contributed by atoms with Crippen LogP contribution in [0.15, 0.2) is 23.1 Å². The lowest BCUT2D eigenvalue weighted by Crippen LogP contribution is -2.42. The van der Waals surface area contributed by atoms with E-state index in [1.807, 2.05) is 31.4 Å². The molecule has 1 saturated carbocycles. The molecule has 28 heavy (non-hydrogen) atoms. The van der Waals surface area contributed by atoms with Crippen molar-refractivity contribution in [3.8, 4) is 0 Å². The minimum atomic E-state index is -0.288. The fourth-order valence-electron chi connectivity index (χ4n) is 4.91. The van der Waals surface area contributed by atoms with E-state index < -0.39 is 0 Å². The Kier molecular flexibility index (Phi) is 3.69. The second kappa shape index (κ2) is 5.83. The van der Waals surface area contributed by atoms with Gasteiger partial charge in [-0.2, -0.15) is 0 Å². The summed E-state index contributed by atoms with van der Waals surface area (Å²) in [5.74, 6) is 0.101. The molecule has 0 amide bonds. The summed E-state index contributed by atoms with van der Waals surface area (Å²) in [4.78, 5) is 18.3. The van der Waals surface area contributed by atoms with Gasteiger partial charge in [0, 0.05) is 41.6 Å². The van der Waals surface area contributed by atoms with Crippen molar-refractivity contribution >= 4 is 27.5 Å². The van der Waals surface area contributed by atoms with Crippen LogP contribution in [-0.2, 0) is 0 Å². The normalized spacial score (nSPS) is 20.6. The Morgan fingerprint density at radius 3 is 2.64 bits per heavy atom. The van der Waals surface area contributed by atoms with Gasteiger partial charge in [-0.1, -0.05) is 0 Å². The van der Waals surface area contributed by atoms with E-state index in [0.29, 0.717) is 17.1 Å². The minimum absolute atomic E-state index is 0.00181. The SMILES string of the molecule is Cc1c(N2CCC(C(C)(C)N)C2)c(F)cc2c3cc[nH]c3c(=O)n(C3CC3)c12. The molecule has 148 valence electrons. The highest BCUT2D eigenvalue weighted by molar-refractivity contribution is 6.07. The molecule has 0 bridgehead atoms. The molecule has 0 radical (unpaired) electrons. The summed E-state index contributed by atoms with van der Waals surface area (Å²) in [6.45, 7) is 7.57. The zero-order chi connectivity index (χ0) is 19.8. The minimum Gasteiger partial charge on any atom is -0.369 e. The summed E-state index contributed by atoms with van der Waals surface area (Å²) in [7, 11) is 0. The largest absolute Gasteiger partial charge is 0.369 e. The van der Waals surface area contributed by atoms with Gasteiger partial charge in [-0.05, 0) is 63.6 Å². The maximum atomic E-state index is 15.4. The lowest BCUT2D eigenvalue weighted by molar-refractivity contribution is 0.348. The van der Waals surface area contributed by atoms with Crippen LogP contribution in [-0.4, -0.2) is 28.2 Å². The number of benzene rings is 1. The highest BCUT2D eigenvalue weighted by Crippen LogP contribution is 2.42. The predicted molar refractivity (Wildman–Crippen MR) is 112 cm³/mol. The monoisotopic (exact) mass is 382 g/mol. The van der Waals surface area contributed by atoms with E-state index in [4.69, 9.17) is 5.73 Å². The number of hydrogen-bond donors (Lipinski definition) is 2. The van der Waals surface area contributed by atoms with Crippen molar-refractivity contribution in [1.82, 2.24) is 9.55 Å². The van der Waals surface area contributed by atoms with Gasteiger partial charge in [0.05, 0.1) is 11.2 Å². The van der Waals surface area contributed by atoms with E-state index in [-0.39, 0.29) is 23.0 Å². The Hall–Kier alpha value is -2.34. The molecule has 5 rings (SSSR count). The number of anilines is 1. The molecule has 1 aliphatic heterocycles. The van der Waals surface area contributed by atoms with Gasteiger partial charge < -0.3 is 20.2 Å². The van der Waals surface area contributed by atoms with Gasteiger partial charge in [0.15, 0.2) is 0 Å². The van der Waals surface area contributed by atoms with Crippen molar-refractivity contribution in [2.45, 2.75) is 51.6 Å². The molecule has 2 fully saturated rings. The number of halogens is 1. The second-order valence-corrected chi connectivity index (χ2v) is 9.15. The van der Waals surface area contributed by atoms with Crippen LogP contribution in [0.1, 0.15) is 44.7 Å². The highest BCUT2D eigenvalue weighted by Gasteiger charge is 2.35. The first-order chi connectivity index (χ1) is 13.3. The zero-order valence-corrected chi connectivity index (χ0v) is 16.7. The Morgan fingerprint density at radius 1 is 1.25 bits per heavy atom. The van der Waals surface area contributed by atoms with Crippen LogP contribution < -0.4 is 16.2 Å². The molecule has 2 aliphatic rings. The van der Waals surface area contributed by atoms with Crippen LogP contribution in [0, 0.1) is 18.7 Å². The summed E-state index contributed by atoms with van der Waals surface area (Å²) >= 11 is 0. The molecule has 5 nitrogen and oxygen atoms in total. The number of hydrogen-bond acceptors (Lipinski definition) is 3. The molecule has 0 spiro atoms. The van der Waals surface area contributed by atoms with Crippen LogP contribution in [0.3, 0.4) is 0 Å². The molecular formula is C22H27FN4O. The van der Waals surface area contributed by atoms with E-state index >= 15 is 4.39 Å². The van der Waals surface area contributed by atoms with E-state index in [0.717, 1.165) is 54.2 Å². The fraction of sp³-hybridized carbons (Fsp3) is 0.500. The van der Waals surface area contributed by atoms with E-state index in [1.54, 1.807) is 12.3 Å². The number of nitrogens with zero attached hydrogens (tertiary/aromatic N) is 2. The number of nitrogens with one attached hydrogen (secondary N) is 1. The number of aromatic nitrogens is 2. The zero-order valence-electron chi connectivity index (χ0n) is 16.7.